The predicted octanol–water partition coefficient (Wildman–Crippen LogP) is 5.24. The van der Waals surface area contributed by atoms with Gasteiger partial charge in [-0.2, -0.15) is 0 Å². The van der Waals surface area contributed by atoms with Gasteiger partial charge in [-0.15, -0.1) is 15.3 Å². The summed E-state index contributed by atoms with van der Waals surface area (Å²) in [6.07, 6.45) is 0. The van der Waals surface area contributed by atoms with E-state index in [2.05, 4.69) is 20.8 Å². The summed E-state index contributed by atoms with van der Waals surface area (Å²) in [5.74, 6) is 0.0189. The Labute approximate surface area is 177 Å². The van der Waals surface area contributed by atoms with E-state index in [9.17, 15) is 4.79 Å². The van der Waals surface area contributed by atoms with Crippen LogP contribution in [0.5, 0.6) is 0 Å². The highest BCUT2D eigenvalue weighted by Crippen LogP contribution is 2.17. The first-order valence-electron chi connectivity index (χ1n) is 9.63. The second kappa shape index (κ2) is 9.60. The monoisotopic (exact) mass is 399 g/mol. The zero-order chi connectivity index (χ0) is 21.5. The molecule has 0 saturated carbocycles. The molecule has 30 heavy (non-hydrogen) atoms. The van der Waals surface area contributed by atoms with E-state index in [1.54, 1.807) is 12.1 Å². The Hall–Kier alpha value is -3.80. The molecule has 0 radical (unpaired) electrons. The first-order valence-corrected chi connectivity index (χ1v) is 9.63. The molecule has 0 bridgehead atoms. The fourth-order valence-corrected chi connectivity index (χ4v) is 2.72. The molecule has 0 aliphatic rings. The minimum Gasteiger partial charge on any atom is -0.378 e. The molecule has 0 aromatic heterocycles. The van der Waals surface area contributed by atoms with Gasteiger partial charge >= 0.3 is 0 Å². The van der Waals surface area contributed by atoms with Crippen molar-refractivity contribution in [3.63, 3.8) is 0 Å². The van der Waals surface area contributed by atoms with Crippen molar-refractivity contribution in [3.05, 3.63) is 95.1 Å². The lowest BCUT2D eigenvalue weighted by molar-refractivity contribution is 0.0955. The number of nitrogens with zero attached hydrogens (tertiary/aromatic N) is 4. The van der Waals surface area contributed by atoms with Crippen molar-refractivity contribution in [1.29, 1.82) is 0 Å². The van der Waals surface area contributed by atoms with Gasteiger partial charge in [-0.1, -0.05) is 29.8 Å². The van der Waals surface area contributed by atoms with Crippen LogP contribution >= 0.6 is 0 Å². The summed E-state index contributed by atoms with van der Waals surface area (Å²) >= 11 is 0. The van der Waals surface area contributed by atoms with Gasteiger partial charge in [0.15, 0.2) is 0 Å². The Morgan fingerprint density at radius 3 is 2.13 bits per heavy atom. The highest BCUT2D eigenvalue weighted by atomic mass is 16.2. The maximum Gasteiger partial charge on any atom is 0.271 e. The number of azo groups is 1. The van der Waals surface area contributed by atoms with Crippen LogP contribution in [0.3, 0.4) is 0 Å². The number of hydrazone groups is 1. The van der Waals surface area contributed by atoms with Gasteiger partial charge in [0, 0.05) is 30.9 Å². The van der Waals surface area contributed by atoms with Crippen molar-refractivity contribution in [3.8, 4) is 0 Å². The predicted molar refractivity (Wildman–Crippen MR) is 122 cm³/mol. The molecule has 1 amide bonds. The number of anilines is 1. The van der Waals surface area contributed by atoms with E-state index in [1.807, 2.05) is 93.5 Å². The summed E-state index contributed by atoms with van der Waals surface area (Å²) in [5, 5.41) is 12.9. The van der Waals surface area contributed by atoms with Crippen molar-refractivity contribution < 1.29 is 4.79 Å². The second-order valence-corrected chi connectivity index (χ2v) is 7.22. The normalized spacial score (nSPS) is 11.5. The quantitative estimate of drug-likeness (QED) is 0.276. The van der Waals surface area contributed by atoms with Gasteiger partial charge in [0.25, 0.3) is 5.91 Å². The molecule has 0 atom stereocenters. The fourth-order valence-electron chi connectivity index (χ4n) is 2.72. The van der Waals surface area contributed by atoms with E-state index in [-0.39, 0.29) is 5.91 Å². The van der Waals surface area contributed by atoms with Crippen molar-refractivity contribution in [2.45, 2.75) is 13.8 Å². The summed E-state index contributed by atoms with van der Waals surface area (Å²) in [6.45, 7) is 3.97. The van der Waals surface area contributed by atoms with E-state index in [1.165, 1.54) is 0 Å². The van der Waals surface area contributed by atoms with Crippen LogP contribution < -0.4 is 10.3 Å². The van der Waals surface area contributed by atoms with Crippen LogP contribution in [0.25, 0.3) is 0 Å². The average Bonchev–Trinajstić information content (AvgIpc) is 2.74. The van der Waals surface area contributed by atoms with Gasteiger partial charge in [-0.25, -0.2) is 5.43 Å². The molecule has 3 aromatic carbocycles. The summed E-state index contributed by atoms with van der Waals surface area (Å²) < 4.78 is 0. The lowest BCUT2D eigenvalue weighted by atomic mass is 10.1. The summed E-state index contributed by atoms with van der Waals surface area (Å²) in [5.41, 5.74) is 7.82. The number of amidine groups is 1. The van der Waals surface area contributed by atoms with Gasteiger partial charge < -0.3 is 4.90 Å². The summed E-state index contributed by atoms with van der Waals surface area (Å²) in [7, 11) is 3.95. The smallest absolute Gasteiger partial charge is 0.271 e. The molecule has 0 aliphatic heterocycles. The molecule has 6 nitrogen and oxygen atoms in total. The standard InChI is InChI=1S/C24H25N5O/c1-17-8-10-20(11-9-17)24(30)28-27-23(19-12-14-22(15-13-19)29(3)4)26-25-21-7-5-6-18(2)16-21/h5-16H,1-4H3,(H,28,30)/b26-25?,27-23+. The summed E-state index contributed by atoms with van der Waals surface area (Å²) in [6, 6.07) is 22.8. The fraction of sp³-hybridized carbons (Fsp3) is 0.167. The first kappa shape index (κ1) is 20.9. The number of carbonyl (C=O) groups is 1. The minimum atomic E-state index is -0.303. The van der Waals surface area contributed by atoms with Crippen LogP contribution in [0.15, 0.2) is 88.1 Å². The van der Waals surface area contributed by atoms with E-state index >= 15 is 0 Å². The van der Waals surface area contributed by atoms with Crippen LogP contribution in [0.4, 0.5) is 11.4 Å². The number of hydrogen-bond acceptors (Lipinski definition) is 4. The molecule has 3 rings (SSSR count). The van der Waals surface area contributed by atoms with Crippen molar-refractivity contribution in [2.24, 2.45) is 15.3 Å². The van der Waals surface area contributed by atoms with E-state index in [0.717, 1.165) is 28.1 Å². The Morgan fingerprint density at radius 1 is 0.833 bits per heavy atom. The third-order valence-electron chi connectivity index (χ3n) is 4.48. The number of carbonyl (C=O) groups excluding carboxylic acids is 1. The molecule has 152 valence electrons. The molecular formula is C24H25N5O. The SMILES string of the molecule is Cc1ccc(C(=O)N/N=C(/N=Nc2cccc(C)c2)c2ccc(N(C)C)cc2)cc1. The van der Waals surface area contributed by atoms with Crippen molar-refractivity contribution >= 4 is 23.1 Å². The Bertz CT molecular complexity index is 1070. The Balaban J connectivity index is 1.88. The zero-order valence-electron chi connectivity index (χ0n) is 17.6. The topological polar surface area (TPSA) is 69.4 Å². The third kappa shape index (κ3) is 5.61. The molecule has 0 heterocycles. The van der Waals surface area contributed by atoms with Gasteiger partial charge in [-0.05, 0) is 67.9 Å². The van der Waals surface area contributed by atoms with Gasteiger partial charge in [0.05, 0.1) is 5.69 Å². The number of benzene rings is 3. The van der Waals surface area contributed by atoms with Crippen LogP contribution in [-0.2, 0) is 0 Å². The second-order valence-electron chi connectivity index (χ2n) is 7.22. The molecule has 6 heteroatoms. The minimum absolute atomic E-state index is 0.303. The average molecular weight is 399 g/mol. The number of aryl methyl sites for hydroxylation is 2. The molecule has 3 aromatic rings. The molecule has 0 spiro atoms. The maximum atomic E-state index is 12.5. The number of hydrogen-bond donors (Lipinski definition) is 1. The highest BCUT2D eigenvalue weighted by molar-refractivity contribution is 6.01. The lowest BCUT2D eigenvalue weighted by Gasteiger charge is -2.12. The van der Waals surface area contributed by atoms with E-state index in [0.29, 0.717) is 11.4 Å². The van der Waals surface area contributed by atoms with Crippen LogP contribution in [0.2, 0.25) is 0 Å². The molecular weight excluding hydrogens is 374 g/mol. The summed E-state index contributed by atoms with van der Waals surface area (Å²) in [4.78, 5) is 14.5. The lowest BCUT2D eigenvalue weighted by Crippen LogP contribution is -2.19. The number of amides is 1. The van der Waals surface area contributed by atoms with Crippen LogP contribution in [0, 0.1) is 13.8 Å². The molecule has 0 unspecified atom stereocenters. The van der Waals surface area contributed by atoms with Gasteiger partial charge in [-0.3, -0.25) is 4.79 Å². The maximum absolute atomic E-state index is 12.5. The van der Waals surface area contributed by atoms with E-state index in [4.69, 9.17) is 0 Å². The van der Waals surface area contributed by atoms with E-state index < -0.39 is 0 Å². The molecule has 0 fully saturated rings. The molecule has 1 N–H and O–H groups in total. The van der Waals surface area contributed by atoms with Crippen molar-refractivity contribution in [2.75, 3.05) is 19.0 Å². The largest absolute Gasteiger partial charge is 0.378 e. The molecule has 0 aliphatic carbocycles. The first-order chi connectivity index (χ1) is 14.4. The highest BCUT2D eigenvalue weighted by Gasteiger charge is 2.08. The van der Waals surface area contributed by atoms with Crippen LogP contribution in [-0.4, -0.2) is 25.8 Å². The van der Waals surface area contributed by atoms with Gasteiger partial charge in [0.1, 0.15) is 0 Å². The Kier molecular flexibility index (Phi) is 6.70. The third-order valence-corrected chi connectivity index (χ3v) is 4.48. The Morgan fingerprint density at radius 2 is 1.50 bits per heavy atom. The number of rotatable bonds is 5. The van der Waals surface area contributed by atoms with Gasteiger partial charge in [0.2, 0.25) is 5.84 Å². The van der Waals surface area contributed by atoms with Crippen LogP contribution in [0.1, 0.15) is 27.0 Å². The zero-order valence-corrected chi connectivity index (χ0v) is 17.6. The van der Waals surface area contributed by atoms with Crippen molar-refractivity contribution in [1.82, 2.24) is 5.43 Å². The number of nitrogens with one attached hydrogen (secondary N) is 1. The molecule has 0 saturated heterocycles.